The van der Waals surface area contributed by atoms with Gasteiger partial charge in [-0.2, -0.15) is 0 Å². The van der Waals surface area contributed by atoms with E-state index in [-0.39, 0.29) is 36.1 Å². The molecule has 2 aliphatic heterocycles. The van der Waals surface area contributed by atoms with Crippen molar-refractivity contribution in [2.24, 2.45) is 5.92 Å². The van der Waals surface area contributed by atoms with Crippen molar-refractivity contribution < 1.29 is 14.4 Å². The minimum Gasteiger partial charge on any atom is -0.349 e. The van der Waals surface area contributed by atoms with E-state index in [9.17, 15) is 14.4 Å². The van der Waals surface area contributed by atoms with Gasteiger partial charge in [-0.05, 0) is 49.8 Å². The van der Waals surface area contributed by atoms with Gasteiger partial charge in [0.05, 0.1) is 12.5 Å². The van der Waals surface area contributed by atoms with Crippen LogP contribution in [0.25, 0.3) is 0 Å². The first-order valence-corrected chi connectivity index (χ1v) is 11.3. The minimum atomic E-state index is -0.346. The number of piperidine rings is 2. The summed E-state index contributed by atoms with van der Waals surface area (Å²) in [5, 5.41) is 2.89. The number of rotatable bonds is 5. The number of nitrogens with zero attached hydrogens (tertiary/aromatic N) is 2. The van der Waals surface area contributed by atoms with Gasteiger partial charge in [0.2, 0.25) is 17.7 Å². The van der Waals surface area contributed by atoms with Crippen LogP contribution in [-0.4, -0.2) is 53.7 Å². The number of hydrogen-bond donors (Lipinski definition) is 1. The predicted molar refractivity (Wildman–Crippen MR) is 115 cm³/mol. The maximum absolute atomic E-state index is 12.9. The van der Waals surface area contributed by atoms with Crippen LogP contribution in [0.5, 0.6) is 0 Å². The lowest BCUT2D eigenvalue weighted by molar-refractivity contribution is -0.141. The smallest absolute Gasteiger partial charge is 0.225 e. The summed E-state index contributed by atoms with van der Waals surface area (Å²) in [6.07, 6.45) is 5.10. The van der Waals surface area contributed by atoms with Crippen molar-refractivity contribution in [3.63, 3.8) is 0 Å². The molecular formula is C22H30BrN3O3. The van der Waals surface area contributed by atoms with Crippen molar-refractivity contribution in [2.75, 3.05) is 26.2 Å². The van der Waals surface area contributed by atoms with Gasteiger partial charge in [0, 0.05) is 43.5 Å². The molecule has 6 nitrogen and oxygen atoms in total. The van der Waals surface area contributed by atoms with Crippen LogP contribution in [0.2, 0.25) is 0 Å². The van der Waals surface area contributed by atoms with Crippen LogP contribution in [0.3, 0.4) is 0 Å². The van der Waals surface area contributed by atoms with Gasteiger partial charge in [0.1, 0.15) is 0 Å². The zero-order valence-corrected chi connectivity index (χ0v) is 18.6. The van der Waals surface area contributed by atoms with Crippen LogP contribution in [0, 0.1) is 5.92 Å². The molecule has 3 amide bonds. The SMILES string of the molecule is CC(=O)NC(CC(=O)N1CCC(C(=O)N2CCCCC2)CC1)c1ccc(Br)cc1. The molecule has 1 aromatic carbocycles. The Hall–Kier alpha value is -1.89. The number of hydrogen-bond acceptors (Lipinski definition) is 3. The third kappa shape index (κ3) is 6.04. The first-order chi connectivity index (χ1) is 13.9. The van der Waals surface area contributed by atoms with E-state index in [1.165, 1.54) is 13.3 Å². The Balaban J connectivity index is 1.55. The van der Waals surface area contributed by atoms with E-state index in [2.05, 4.69) is 21.2 Å². The van der Waals surface area contributed by atoms with Crippen LogP contribution >= 0.6 is 15.9 Å². The summed E-state index contributed by atoms with van der Waals surface area (Å²) in [6.45, 7) is 4.44. The van der Waals surface area contributed by atoms with Crippen molar-refractivity contribution in [2.45, 2.75) is 51.5 Å². The van der Waals surface area contributed by atoms with Crippen molar-refractivity contribution >= 4 is 33.7 Å². The normalized spacial score (nSPS) is 19.0. The zero-order chi connectivity index (χ0) is 20.8. The maximum atomic E-state index is 12.9. The summed E-state index contributed by atoms with van der Waals surface area (Å²) < 4.78 is 0.953. The van der Waals surface area contributed by atoms with Crippen LogP contribution in [0.1, 0.15) is 57.1 Å². The van der Waals surface area contributed by atoms with Crippen molar-refractivity contribution in [1.82, 2.24) is 15.1 Å². The van der Waals surface area contributed by atoms with Crippen molar-refractivity contribution in [1.29, 1.82) is 0 Å². The fourth-order valence-corrected chi connectivity index (χ4v) is 4.51. The largest absolute Gasteiger partial charge is 0.349 e. The molecule has 2 heterocycles. The molecule has 1 atom stereocenters. The van der Waals surface area contributed by atoms with Gasteiger partial charge in [-0.3, -0.25) is 14.4 Å². The van der Waals surface area contributed by atoms with Gasteiger partial charge in [-0.15, -0.1) is 0 Å². The van der Waals surface area contributed by atoms with Crippen molar-refractivity contribution in [3.8, 4) is 0 Å². The molecule has 29 heavy (non-hydrogen) atoms. The highest BCUT2D eigenvalue weighted by Crippen LogP contribution is 2.25. The molecule has 0 bridgehead atoms. The highest BCUT2D eigenvalue weighted by Gasteiger charge is 2.31. The third-order valence-corrected chi connectivity index (χ3v) is 6.42. The number of nitrogens with one attached hydrogen (secondary N) is 1. The Morgan fingerprint density at radius 2 is 1.62 bits per heavy atom. The van der Waals surface area contributed by atoms with Gasteiger partial charge in [0.15, 0.2) is 0 Å². The van der Waals surface area contributed by atoms with E-state index >= 15 is 0 Å². The molecule has 1 unspecified atom stereocenters. The minimum absolute atomic E-state index is 0.0236. The molecule has 7 heteroatoms. The van der Waals surface area contributed by atoms with Crippen LogP contribution in [0.15, 0.2) is 28.7 Å². The second-order valence-corrected chi connectivity index (χ2v) is 8.97. The van der Waals surface area contributed by atoms with Gasteiger partial charge < -0.3 is 15.1 Å². The standard InChI is InChI=1S/C22H30BrN3O3/c1-16(27)24-20(17-5-7-19(23)8-6-17)15-21(28)25-13-9-18(10-14-25)22(29)26-11-3-2-4-12-26/h5-8,18,20H,2-4,9-15H2,1H3,(H,24,27). The molecule has 0 spiro atoms. The molecule has 0 radical (unpaired) electrons. The molecular weight excluding hydrogens is 434 g/mol. The van der Waals surface area contributed by atoms with Gasteiger partial charge in [-0.25, -0.2) is 0 Å². The Bertz CT molecular complexity index is 723. The first-order valence-electron chi connectivity index (χ1n) is 10.5. The predicted octanol–water partition coefficient (Wildman–Crippen LogP) is 3.27. The molecule has 158 valence electrons. The number of carbonyl (C=O) groups excluding carboxylic acids is 3. The summed E-state index contributed by atoms with van der Waals surface area (Å²) in [5.41, 5.74) is 0.909. The van der Waals surface area contributed by atoms with Gasteiger partial charge >= 0.3 is 0 Å². The second-order valence-electron chi connectivity index (χ2n) is 8.05. The van der Waals surface area contributed by atoms with Crippen molar-refractivity contribution in [3.05, 3.63) is 34.3 Å². The first kappa shape index (κ1) is 21.8. The zero-order valence-electron chi connectivity index (χ0n) is 17.0. The molecule has 3 rings (SSSR count). The molecule has 1 aromatic rings. The lowest BCUT2D eigenvalue weighted by Crippen LogP contribution is -2.46. The lowest BCUT2D eigenvalue weighted by atomic mass is 9.93. The van der Waals surface area contributed by atoms with Crippen LogP contribution in [0.4, 0.5) is 0 Å². The highest BCUT2D eigenvalue weighted by atomic mass is 79.9. The number of benzene rings is 1. The molecule has 2 fully saturated rings. The van der Waals surface area contributed by atoms with E-state index in [1.807, 2.05) is 34.1 Å². The summed E-state index contributed by atoms with van der Waals surface area (Å²) in [6, 6.07) is 7.31. The molecule has 2 saturated heterocycles. The van der Waals surface area contributed by atoms with E-state index in [0.717, 1.165) is 48.8 Å². The average Bonchev–Trinajstić information content (AvgIpc) is 2.73. The molecule has 0 aromatic heterocycles. The maximum Gasteiger partial charge on any atom is 0.225 e. The highest BCUT2D eigenvalue weighted by molar-refractivity contribution is 9.10. The Kier molecular flexibility index (Phi) is 7.70. The van der Waals surface area contributed by atoms with Gasteiger partial charge in [0.25, 0.3) is 0 Å². The molecule has 0 saturated carbocycles. The second kappa shape index (κ2) is 10.2. The fourth-order valence-electron chi connectivity index (χ4n) is 4.24. The molecule has 1 N–H and O–H groups in total. The van der Waals surface area contributed by atoms with Crippen LogP contribution < -0.4 is 5.32 Å². The quantitative estimate of drug-likeness (QED) is 0.728. The van der Waals surface area contributed by atoms with E-state index in [1.54, 1.807) is 0 Å². The summed E-state index contributed by atoms with van der Waals surface area (Å²) >= 11 is 3.41. The van der Waals surface area contributed by atoms with E-state index in [0.29, 0.717) is 13.1 Å². The molecule has 0 aliphatic carbocycles. The number of carbonyl (C=O) groups is 3. The van der Waals surface area contributed by atoms with Crippen LogP contribution in [-0.2, 0) is 14.4 Å². The summed E-state index contributed by atoms with van der Waals surface area (Å²) in [5.74, 6) is 0.171. The Morgan fingerprint density at radius 1 is 1.00 bits per heavy atom. The lowest BCUT2D eigenvalue weighted by Gasteiger charge is -2.36. The van der Waals surface area contributed by atoms with E-state index in [4.69, 9.17) is 0 Å². The summed E-state index contributed by atoms with van der Waals surface area (Å²) in [4.78, 5) is 41.1. The number of likely N-dealkylation sites (tertiary alicyclic amines) is 2. The average molecular weight is 464 g/mol. The monoisotopic (exact) mass is 463 g/mol. The Labute approximate surface area is 181 Å². The number of halogens is 1. The van der Waals surface area contributed by atoms with E-state index < -0.39 is 0 Å². The Morgan fingerprint density at radius 3 is 2.21 bits per heavy atom. The topological polar surface area (TPSA) is 69.7 Å². The molecule has 2 aliphatic rings. The number of amides is 3. The fraction of sp³-hybridized carbons (Fsp3) is 0.591. The third-order valence-electron chi connectivity index (χ3n) is 5.89. The van der Waals surface area contributed by atoms with Gasteiger partial charge in [-0.1, -0.05) is 28.1 Å². The summed E-state index contributed by atoms with van der Waals surface area (Å²) in [7, 11) is 0.